The second kappa shape index (κ2) is 10.7. The Hall–Kier alpha value is -2.76. The third kappa shape index (κ3) is 6.22. The normalized spacial score (nSPS) is 18.9. The van der Waals surface area contributed by atoms with E-state index in [0.29, 0.717) is 17.2 Å². The molecule has 0 radical (unpaired) electrons. The molecule has 0 bridgehead atoms. The topological polar surface area (TPSA) is 47.9 Å². The summed E-state index contributed by atoms with van der Waals surface area (Å²) in [5, 5.41) is 4.87. The smallest absolute Gasteiger partial charge is 0.310 e. The zero-order valence-corrected chi connectivity index (χ0v) is 21.1. The Labute approximate surface area is 210 Å². The number of rotatable bonds is 9. The van der Waals surface area contributed by atoms with Crippen LogP contribution in [0.25, 0.3) is 0 Å². The van der Waals surface area contributed by atoms with Gasteiger partial charge in [0, 0.05) is 14.8 Å². The minimum atomic E-state index is -0.150. The van der Waals surface area contributed by atoms with Crippen molar-refractivity contribution in [2.75, 3.05) is 0 Å². The zero-order chi connectivity index (χ0) is 24.1. The van der Waals surface area contributed by atoms with Crippen molar-refractivity contribution < 1.29 is 14.4 Å². The fourth-order valence-corrected chi connectivity index (χ4v) is 5.19. The first kappa shape index (κ1) is 24.4. The van der Waals surface area contributed by atoms with Crippen molar-refractivity contribution in [3.63, 3.8) is 0 Å². The van der Waals surface area contributed by atoms with E-state index in [4.69, 9.17) is 21.2 Å². The Kier molecular flexibility index (Phi) is 7.64. The van der Waals surface area contributed by atoms with Gasteiger partial charge in [-0.25, -0.2) is 0 Å². The van der Waals surface area contributed by atoms with Crippen LogP contribution in [0.15, 0.2) is 93.8 Å². The molecule has 0 spiro atoms. The van der Waals surface area contributed by atoms with Gasteiger partial charge in [-0.05, 0) is 78.8 Å². The molecule has 0 saturated heterocycles. The number of hydrogen-bond donors (Lipinski definition) is 0. The minimum absolute atomic E-state index is 0.126. The number of ether oxygens (including phenoxy) is 1. The highest BCUT2D eigenvalue weighted by Crippen LogP contribution is 2.60. The van der Waals surface area contributed by atoms with Gasteiger partial charge in [-0.2, -0.15) is 0 Å². The molecule has 1 fully saturated rings. The maximum absolute atomic E-state index is 12.9. The summed E-state index contributed by atoms with van der Waals surface area (Å²) in [5.74, 6) is 0.512. The first-order valence-corrected chi connectivity index (χ1v) is 12.5. The van der Waals surface area contributed by atoms with E-state index in [1.54, 1.807) is 36.0 Å². The lowest BCUT2D eigenvalue weighted by Gasteiger charge is -2.08. The third-order valence-electron chi connectivity index (χ3n) is 6.20. The molecular formula is C28H28ClNO3S. The molecule has 4 rings (SSSR count). The summed E-state index contributed by atoms with van der Waals surface area (Å²) in [6.07, 6.45) is 0.684. The Morgan fingerprint density at radius 1 is 1.00 bits per heavy atom. The number of oxime groups is 1. The molecule has 3 aromatic carbocycles. The maximum Gasteiger partial charge on any atom is 0.310 e. The van der Waals surface area contributed by atoms with Gasteiger partial charge in [-0.3, -0.25) is 4.79 Å². The molecule has 0 aromatic heterocycles. The van der Waals surface area contributed by atoms with Crippen molar-refractivity contribution in [3.8, 4) is 5.75 Å². The van der Waals surface area contributed by atoms with Gasteiger partial charge >= 0.3 is 5.97 Å². The van der Waals surface area contributed by atoms with Gasteiger partial charge in [0.2, 0.25) is 0 Å². The molecule has 3 aromatic rings. The SMILES string of the molecule is CC(CC1C(C(=O)OCc2cccc(Sc3ccccc3)c2)C1(C)C)=NOc1ccc(Cl)cc1. The van der Waals surface area contributed by atoms with E-state index in [1.807, 2.05) is 37.3 Å². The van der Waals surface area contributed by atoms with E-state index in [1.165, 1.54) is 4.90 Å². The molecular weight excluding hydrogens is 466 g/mol. The van der Waals surface area contributed by atoms with Gasteiger partial charge in [0.1, 0.15) is 6.61 Å². The monoisotopic (exact) mass is 493 g/mol. The number of esters is 1. The van der Waals surface area contributed by atoms with Crippen LogP contribution in [-0.4, -0.2) is 11.7 Å². The van der Waals surface area contributed by atoms with Crippen molar-refractivity contribution in [3.05, 3.63) is 89.4 Å². The van der Waals surface area contributed by atoms with Crippen molar-refractivity contribution in [2.24, 2.45) is 22.4 Å². The van der Waals surface area contributed by atoms with Crippen LogP contribution in [0.4, 0.5) is 0 Å². The largest absolute Gasteiger partial charge is 0.461 e. The number of carbonyl (C=O) groups is 1. The van der Waals surface area contributed by atoms with E-state index >= 15 is 0 Å². The predicted molar refractivity (Wildman–Crippen MR) is 137 cm³/mol. The Morgan fingerprint density at radius 3 is 2.44 bits per heavy atom. The van der Waals surface area contributed by atoms with Gasteiger partial charge in [-0.1, -0.05) is 72.7 Å². The standard InChI is InChI=1S/C28H28ClNO3S/c1-19(30-33-22-14-12-21(29)13-15-22)16-25-26(28(25,2)3)27(31)32-18-20-8-7-11-24(17-20)34-23-9-5-4-6-10-23/h4-15,17,25-26H,16,18H2,1-3H3. The molecule has 1 aliphatic rings. The van der Waals surface area contributed by atoms with Crippen LogP contribution in [0, 0.1) is 17.3 Å². The Morgan fingerprint density at radius 2 is 1.71 bits per heavy atom. The summed E-state index contributed by atoms with van der Waals surface area (Å²) in [5.41, 5.74) is 1.70. The molecule has 2 atom stereocenters. The zero-order valence-electron chi connectivity index (χ0n) is 19.5. The summed E-state index contributed by atoms with van der Waals surface area (Å²) >= 11 is 7.59. The van der Waals surface area contributed by atoms with E-state index < -0.39 is 0 Å². The van der Waals surface area contributed by atoms with Crippen LogP contribution < -0.4 is 4.84 Å². The van der Waals surface area contributed by atoms with Gasteiger partial charge < -0.3 is 9.57 Å². The quantitative estimate of drug-likeness (QED) is 0.174. The number of carbonyl (C=O) groups excluding carboxylic acids is 1. The lowest BCUT2D eigenvalue weighted by Crippen LogP contribution is -2.11. The molecule has 1 aliphatic carbocycles. The maximum atomic E-state index is 12.9. The highest BCUT2D eigenvalue weighted by atomic mass is 35.5. The molecule has 34 heavy (non-hydrogen) atoms. The van der Waals surface area contributed by atoms with Gasteiger partial charge in [0.15, 0.2) is 5.75 Å². The molecule has 4 nitrogen and oxygen atoms in total. The van der Waals surface area contributed by atoms with E-state index in [2.05, 4.69) is 43.3 Å². The summed E-state index contributed by atoms with van der Waals surface area (Å²) in [6, 6.07) is 25.4. The van der Waals surface area contributed by atoms with Crippen molar-refractivity contribution >= 4 is 35.0 Å². The molecule has 0 aliphatic heterocycles. The van der Waals surface area contributed by atoms with Gasteiger partial charge in [0.05, 0.1) is 11.6 Å². The summed E-state index contributed by atoms with van der Waals surface area (Å²) in [6.45, 7) is 6.40. The number of halogens is 1. The molecule has 6 heteroatoms. The average molecular weight is 494 g/mol. The Bertz CT molecular complexity index is 1160. The number of nitrogens with zero attached hydrogens (tertiary/aromatic N) is 1. The van der Waals surface area contributed by atoms with E-state index in [9.17, 15) is 4.79 Å². The highest BCUT2D eigenvalue weighted by Gasteiger charge is 2.62. The number of hydrogen-bond acceptors (Lipinski definition) is 5. The number of benzene rings is 3. The first-order valence-electron chi connectivity index (χ1n) is 11.3. The molecule has 0 amide bonds. The van der Waals surface area contributed by atoms with Crippen molar-refractivity contribution in [1.82, 2.24) is 0 Å². The fraction of sp³-hybridized carbons (Fsp3) is 0.286. The Balaban J connectivity index is 1.29. The lowest BCUT2D eigenvalue weighted by molar-refractivity contribution is -0.147. The lowest BCUT2D eigenvalue weighted by atomic mass is 10.1. The van der Waals surface area contributed by atoms with Crippen LogP contribution >= 0.6 is 23.4 Å². The average Bonchev–Trinajstić information content (AvgIpc) is 3.37. The third-order valence-corrected chi connectivity index (χ3v) is 7.45. The fourth-order valence-electron chi connectivity index (χ4n) is 4.14. The highest BCUT2D eigenvalue weighted by molar-refractivity contribution is 7.99. The van der Waals surface area contributed by atoms with Crippen LogP contribution in [0.2, 0.25) is 5.02 Å². The minimum Gasteiger partial charge on any atom is -0.461 e. The molecule has 1 saturated carbocycles. The van der Waals surface area contributed by atoms with E-state index in [0.717, 1.165) is 16.2 Å². The van der Waals surface area contributed by atoms with Gasteiger partial charge in [0.25, 0.3) is 0 Å². The van der Waals surface area contributed by atoms with E-state index in [-0.39, 0.29) is 29.8 Å². The van der Waals surface area contributed by atoms with Crippen molar-refractivity contribution in [1.29, 1.82) is 0 Å². The van der Waals surface area contributed by atoms with Crippen LogP contribution in [-0.2, 0) is 16.1 Å². The summed E-state index contributed by atoms with van der Waals surface area (Å²) < 4.78 is 5.71. The second-order valence-electron chi connectivity index (χ2n) is 9.15. The summed E-state index contributed by atoms with van der Waals surface area (Å²) in [4.78, 5) is 20.6. The van der Waals surface area contributed by atoms with Crippen LogP contribution in [0.1, 0.15) is 32.8 Å². The molecule has 0 heterocycles. The predicted octanol–water partition coefficient (Wildman–Crippen LogP) is 7.65. The molecule has 176 valence electrons. The first-order chi connectivity index (χ1) is 16.3. The van der Waals surface area contributed by atoms with Crippen molar-refractivity contribution in [2.45, 2.75) is 43.6 Å². The van der Waals surface area contributed by atoms with Gasteiger partial charge in [-0.15, -0.1) is 0 Å². The second-order valence-corrected chi connectivity index (χ2v) is 10.7. The molecule has 0 N–H and O–H groups in total. The molecule has 2 unspecified atom stereocenters. The summed E-state index contributed by atoms with van der Waals surface area (Å²) in [7, 11) is 0. The van der Waals surface area contributed by atoms with Crippen LogP contribution in [0.3, 0.4) is 0 Å². The van der Waals surface area contributed by atoms with Crippen LogP contribution in [0.5, 0.6) is 5.75 Å².